The molecule has 0 aliphatic heterocycles. The molecule has 0 amide bonds. The van der Waals surface area contributed by atoms with Gasteiger partial charge in [0.1, 0.15) is 0 Å². The average Bonchev–Trinajstić information content (AvgIpc) is 2.43. The van der Waals surface area contributed by atoms with E-state index in [1.54, 1.807) is 0 Å². The van der Waals surface area contributed by atoms with E-state index in [1.165, 1.54) is 11.1 Å². The van der Waals surface area contributed by atoms with Crippen LogP contribution in [0.4, 0.5) is 0 Å². The van der Waals surface area contributed by atoms with E-state index in [0.717, 1.165) is 19.4 Å². The van der Waals surface area contributed by atoms with Crippen molar-refractivity contribution in [2.24, 2.45) is 0 Å². The maximum absolute atomic E-state index is 6.46. The van der Waals surface area contributed by atoms with Gasteiger partial charge >= 0.3 is 0 Å². The molecule has 1 aromatic rings. The largest absolute Gasteiger partial charge is 0.370 e. The van der Waals surface area contributed by atoms with Crippen molar-refractivity contribution < 1.29 is 4.74 Å². The lowest BCUT2D eigenvalue weighted by Gasteiger charge is -2.41. The molecule has 112 valence electrons. The first-order valence-corrected chi connectivity index (χ1v) is 7.98. The molecule has 2 rings (SSSR count). The summed E-state index contributed by atoms with van der Waals surface area (Å²) in [5.41, 5.74) is 2.85. The minimum Gasteiger partial charge on any atom is -0.370 e. The first-order chi connectivity index (χ1) is 9.48. The van der Waals surface area contributed by atoms with Crippen molar-refractivity contribution in [2.75, 3.05) is 6.54 Å². The first-order valence-electron chi connectivity index (χ1n) is 7.98. The summed E-state index contributed by atoms with van der Waals surface area (Å²) in [6, 6.07) is 9.14. The van der Waals surface area contributed by atoms with Crippen LogP contribution in [0.3, 0.4) is 0 Å². The minimum absolute atomic E-state index is 0.0512. The van der Waals surface area contributed by atoms with Crippen molar-refractivity contribution in [3.05, 3.63) is 35.4 Å². The number of rotatable bonds is 5. The quantitative estimate of drug-likeness (QED) is 0.859. The van der Waals surface area contributed by atoms with Crippen LogP contribution in [0.5, 0.6) is 0 Å². The van der Waals surface area contributed by atoms with Gasteiger partial charge in [-0.1, -0.05) is 45.0 Å². The molecule has 0 spiro atoms. The lowest BCUT2D eigenvalue weighted by atomic mass is 9.79. The number of nitrogens with one attached hydrogen (secondary N) is 1. The van der Waals surface area contributed by atoms with Crippen LogP contribution in [0.1, 0.15) is 70.5 Å². The number of hydrogen-bond donors (Lipinski definition) is 1. The highest BCUT2D eigenvalue weighted by Crippen LogP contribution is 2.40. The van der Waals surface area contributed by atoms with E-state index in [-0.39, 0.29) is 11.7 Å². The highest BCUT2D eigenvalue weighted by molar-refractivity contribution is 5.36. The summed E-state index contributed by atoms with van der Waals surface area (Å²) < 4.78 is 6.46. The Hall–Kier alpha value is -0.860. The second kappa shape index (κ2) is 6.28. The topological polar surface area (TPSA) is 21.3 Å². The maximum Gasteiger partial charge on any atom is 0.0782 e. The van der Waals surface area contributed by atoms with Crippen molar-refractivity contribution in [2.45, 2.75) is 71.1 Å². The summed E-state index contributed by atoms with van der Waals surface area (Å²) in [7, 11) is 0. The third kappa shape index (κ3) is 3.24. The van der Waals surface area contributed by atoms with Crippen LogP contribution >= 0.6 is 0 Å². The van der Waals surface area contributed by atoms with Crippen molar-refractivity contribution >= 4 is 0 Å². The molecule has 1 aliphatic rings. The second-order valence-corrected chi connectivity index (χ2v) is 6.57. The third-order valence-electron chi connectivity index (χ3n) is 4.57. The summed E-state index contributed by atoms with van der Waals surface area (Å²) >= 11 is 0. The fraction of sp³-hybridized carbons (Fsp3) is 0.667. The molecule has 2 nitrogen and oxygen atoms in total. The standard InChI is InChI=1S/C18H29NO/c1-6-18(4,5)20-16-12-13(3)14-10-8-9-11-15(14)17(16)19-7-2/h8-11,13,16-17,19H,6-7,12H2,1-5H3. The van der Waals surface area contributed by atoms with E-state index in [1.807, 2.05) is 0 Å². The number of benzene rings is 1. The fourth-order valence-electron chi connectivity index (χ4n) is 3.13. The molecule has 20 heavy (non-hydrogen) atoms. The molecule has 0 aromatic heterocycles. The van der Waals surface area contributed by atoms with E-state index in [4.69, 9.17) is 4.74 Å². The Balaban J connectivity index is 2.30. The van der Waals surface area contributed by atoms with Crippen molar-refractivity contribution in [3.63, 3.8) is 0 Å². The fourth-order valence-corrected chi connectivity index (χ4v) is 3.13. The third-order valence-corrected chi connectivity index (χ3v) is 4.57. The predicted octanol–water partition coefficient (Wildman–Crippen LogP) is 4.42. The zero-order chi connectivity index (χ0) is 14.8. The smallest absolute Gasteiger partial charge is 0.0782 e. The monoisotopic (exact) mass is 275 g/mol. The van der Waals surface area contributed by atoms with Gasteiger partial charge in [0.25, 0.3) is 0 Å². The van der Waals surface area contributed by atoms with Gasteiger partial charge in [-0.3, -0.25) is 0 Å². The predicted molar refractivity (Wildman–Crippen MR) is 85.1 cm³/mol. The van der Waals surface area contributed by atoms with Crippen LogP contribution < -0.4 is 5.32 Å². The van der Waals surface area contributed by atoms with Crippen LogP contribution in [0.15, 0.2) is 24.3 Å². The highest BCUT2D eigenvalue weighted by Gasteiger charge is 2.36. The number of hydrogen-bond acceptors (Lipinski definition) is 2. The summed E-state index contributed by atoms with van der Waals surface area (Å²) in [6.07, 6.45) is 2.39. The molecule has 2 heteroatoms. The van der Waals surface area contributed by atoms with E-state index in [2.05, 4.69) is 64.2 Å². The Labute approximate surface area is 123 Å². The molecule has 3 unspecified atom stereocenters. The molecule has 1 aliphatic carbocycles. The molecule has 1 aromatic carbocycles. The Morgan fingerprint density at radius 2 is 1.85 bits per heavy atom. The lowest BCUT2D eigenvalue weighted by Crippen LogP contribution is -2.42. The van der Waals surface area contributed by atoms with E-state index >= 15 is 0 Å². The molecule has 0 bridgehead atoms. The van der Waals surface area contributed by atoms with Gasteiger partial charge in [0.05, 0.1) is 17.7 Å². The highest BCUT2D eigenvalue weighted by atomic mass is 16.5. The van der Waals surface area contributed by atoms with Gasteiger partial charge < -0.3 is 10.1 Å². The molecule has 0 heterocycles. The second-order valence-electron chi connectivity index (χ2n) is 6.57. The molecule has 1 N–H and O–H groups in total. The van der Waals surface area contributed by atoms with Crippen molar-refractivity contribution in [1.82, 2.24) is 5.32 Å². The van der Waals surface area contributed by atoms with Crippen LogP contribution in [-0.4, -0.2) is 18.2 Å². The summed E-state index contributed by atoms with van der Waals surface area (Å²) in [5.74, 6) is 0.568. The lowest BCUT2D eigenvalue weighted by molar-refractivity contribution is -0.0961. The summed E-state index contributed by atoms with van der Waals surface area (Å²) in [4.78, 5) is 0. The van der Waals surface area contributed by atoms with Crippen LogP contribution in [-0.2, 0) is 4.74 Å². The number of likely N-dealkylation sites (N-methyl/N-ethyl adjacent to an activating group) is 1. The van der Waals surface area contributed by atoms with Crippen molar-refractivity contribution in [1.29, 1.82) is 0 Å². The zero-order valence-electron chi connectivity index (χ0n) is 13.6. The van der Waals surface area contributed by atoms with E-state index in [0.29, 0.717) is 12.0 Å². The Kier molecular flexibility index (Phi) is 4.87. The minimum atomic E-state index is -0.0512. The molecule has 0 radical (unpaired) electrons. The summed E-state index contributed by atoms with van der Waals surface area (Å²) in [6.45, 7) is 12.0. The number of fused-ring (bicyclic) bond motifs is 1. The van der Waals surface area contributed by atoms with Crippen LogP contribution in [0.25, 0.3) is 0 Å². The molecule has 0 saturated heterocycles. The Morgan fingerprint density at radius 3 is 2.45 bits per heavy atom. The van der Waals surface area contributed by atoms with Gasteiger partial charge in [0, 0.05) is 0 Å². The molecular weight excluding hydrogens is 246 g/mol. The molecular formula is C18H29NO. The van der Waals surface area contributed by atoms with E-state index < -0.39 is 0 Å². The Morgan fingerprint density at radius 1 is 1.20 bits per heavy atom. The Bertz CT molecular complexity index is 441. The van der Waals surface area contributed by atoms with Crippen LogP contribution in [0.2, 0.25) is 0 Å². The van der Waals surface area contributed by atoms with Gasteiger partial charge in [-0.15, -0.1) is 0 Å². The first kappa shape index (κ1) is 15.5. The van der Waals surface area contributed by atoms with Crippen molar-refractivity contribution in [3.8, 4) is 0 Å². The van der Waals surface area contributed by atoms with Gasteiger partial charge in [0.15, 0.2) is 0 Å². The normalized spacial score (nSPS) is 26.4. The average molecular weight is 275 g/mol. The molecule has 0 fully saturated rings. The molecule has 0 saturated carbocycles. The SMILES string of the molecule is CCNC1c2ccccc2C(C)CC1OC(C)(C)CC. The van der Waals surface area contributed by atoms with Gasteiger partial charge in [0.2, 0.25) is 0 Å². The van der Waals surface area contributed by atoms with Gasteiger partial charge in [-0.05, 0) is 50.3 Å². The van der Waals surface area contributed by atoms with Crippen LogP contribution in [0, 0.1) is 0 Å². The summed E-state index contributed by atoms with van der Waals surface area (Å²) in [5, 5.41) is 3.63. The van der Waals surface area contributed by atoms with E-state index in [9.17, 15) is 0 Å². The maximum atomic E-state index is 6.46. The van der Waals surface area contributed by atoms with Gasteiger partial charge in [-0.2, -0.15) is 0 Å². The number of ether oxygens (including phenoxy) is 1. The zero-order valence-corrected chi connectivity index (χ0v) is 13.6. The molecule has 3 atom stereocenters. The van der Waals surface area contributed by atoms with Gasteiger partial charge in [-0.25, -0.2) is 0 Å².